The van der Waals surface area contributed by atoms with Crippen LogP contribution in [0.15, 0.2) is 12.1 Å². The van der Waals surface area contributed by atoms with Crippen LogP contribution in [0.3, 0.4) is 0 Å². The Morgan fingerprint density at radius 2 is 1.75 bits per heavy atom. The highest BCUT2D eigenvalue weighted by atomic mass is 35.5. The number of nitrogens with zero attached hydrogens (tertiary/aromatic N) is 1. The monoisotopic (exact) mass is 351 g/mol. The van der Waals surface area contributed by atoms with Gasteiger partial charge < -0.3 is 9.80 Å². The summed E-state index contributed by atoms with van der Waals surface area (Å²) in [6.07, 6.45) is 5.76. The molecule has 0 spiro atoms. The molecule has 24 heavy (non-hydrogen) atoms. The molecule has 1 atom stereocenters. The van der Waals surface area contributed by atoms with Gasteiger partial charge in [0.2, 0.25) is 0 Å². The number of benzene rings is 1. The van der Waals surface area contributed by atoms with Crippen molar-refractivity contribution in [2.75, 3.05) is 25.0 Å². The summed E-state index contributed by atoms with van der Waals surface area (Å²) >= 11 is 6.12. The van der Waals surface area contributed by atoms with Crippen molar-refractivity contribution >= 4 is 23.2 Å². The van der Waals surface area contributed by atoms with Crippen LogP contribution in [0.5, 0.6) is 0 Å². The second kappa shape index (κ2) is 8.35. The van der Waals surface area contributed by atoms with Gasteiger partial charge in [-0.1, -0.05) is 18.5 Å². The Labute approximate surface area is 152 Å². The Kier molecular flexibility index (Phi) is 6.70. The van der Waals surface area contributed by atoms with E-state index in [2.05, 4.69) is 19.2 Å². The normalized spacial score (nSPS) is 18.2. The van der Waals surface area contributed by atoms with E-state index in [0.717, 1.165) is 58.8 Å². The van der Waals surface area contributed by atoms with Gasteiger partial charge >= 0.3 is 0 Å². The summed E-state index contributed by atoms with van der Waals surface area (Å²) in [6, 6.07) is 3.89. The number of carbonyl (C=O) groups excluding carboxylic acids is 1. The third kappa shape index (κ3) is 4.12. The van der Waals surface area contributed by atoms with Crippen molar-refractivity contribution < 1.29 is 9.28 Å². The Hall–Kier alpha value is -1.06. The van der Waals surface area contributed by atoms with Crippen LogP contribution in [-0.2, 0) is 4.79 Å². The average molecular weight is 352 g/mol. The van der Waals surface area contributed by atoms with Gasteiger partial charge in [0.15, 0.2) is 6.04 Å². The number of hydrogen-bond donors (Lipinski definition) is 1. The van der Waals surface area contributed by atoms with Crippen molar-refractivity contribution in [1.82, 2.24) is 0 Å². The quantitative estimate of drug-likeness (QED) is 0.711. The second-order valence-corrected chi connectivity index (χ2v) is 7.69. The highest BCUT2D eigenvalue weighted by molar-refractivity contribution is 6.30. The number of halogens is 1. The highest BCUT2D eigenvalue weighted by Crippen LogP contribution is 2.29. The zero-order valence-corrected chi connectivity index (χ0v) is 16.4. The van der Waals surface area contributed by atoms with E-state index in [1.54, 1.807) is 0 Å². The Balaban J connectivity index is 2.26. The topological polar surface area (TPSA) is 29.1 Å². The summed E-state index contributed by atoms with van der Waals surface area (Å²) in [6.45, 7) is 11.7. The van der Waals surface area contributed by atoms with Crippen molar-refractivity contribution in [3.05, 3.63) is 28.3 Å². The van der Waals surface area contributed by atoms with E-state index < -0.39 is 0 Å². The Morgan fingerprint density at radius 3 is 2.25 bits per heavy atom. The number of carbonyl (C=O) groups is 1. The first kappa shape index (κ1) is 19.3. The number of likely N-dealkylation sites (N-methyl/N-ethyl adjacent to an activating group) is 1. The van der Waals surface area contributed by atoms with Gasteiger partial charge in [0, 0.05) is 17.1 Å². The van der Waals surface area contributed by atoms with Crippen LogP contribution < -0.4 is 5.32 Å². The lowest BCUT2D eigenvalue weighted by molar-refractivity contribution is -0.945. The van der Waals surface area contributed by atoms with E-state index in [-0.39, 0.29) is 11.9 Å². The molecule has 0 aliphatic carbocycles. The maximum Gasteiger partial charge on any atom is 0.282 e. The summed E-state index contributed by atoms with van der Waals surface area (Å²) in [5.74, 6) is 0.175. The van der Waals surface area contributed by atoms with Crippen molar-refractivity contribution in [1.29, 1.82) is 0 Å². The van der Waals surface area contributed by atoms with Gasteiger partial charge in [0.1, 0.15) is 0 Å². The summed E-state index contributed by atoms with van der Waals surface area (Å²) < 4.78 is 0.950. The van der Waals surface area contributed by atoms with Crippen molar-refractivity contribution in [2.45, 2.75) is 65.8 Å². The molecule has 0 bridgehead atoms. The molecular formula is C20H32ClN2O+. The average Bonchev–Trinajstić information content (AvgIpc) is 2.56. The smallest absolute Gasteiger partial charge is 0.282 e. The maximum atomic E-state index is 13.2. The third-order valence-electron chi connectivity index (χ3n) is 5.61. The van der Waals surface area contributed by atoms with Crippen LogP contribution in [0.1, 0.15) is 57.1 Å². The van der Waals surface area contributed by atoms with Crippen LogP contribution in [0.4, 0.5) is 5.69 Å². The lowest BCUT2D eigenvalue weighted by atomic mass is 9.98. The molecule has 2 rings (SSSR count). The van der Waals surface area contributed by atoms with Crippen molar-refractivity contribution in [3.8, 4) is 0 Å². The van der Waals surface area contributed by atoms with Crippen LogP contribution in [0, 0.1) is 13.8 Å². The van der Waals surface area contributed by atoms with Gasteiger partial charge in [-0.15, -0.1) is 0 Å². The number of aryl methyl sites for hydroxylation is 2. The SMILES string of the molecule is CCCC(C(=O)Nc1c(C)cc(Cl)cc1C)[N+]1(CC)CCCCC1. The molecule has 1 amide bonds. The molecule has 1 aromatic rings. The van der Waals surface area contributed by atoms with E-state index in [9.17, 15) is 4.79 Å². The van der Waals surface area contributed by atoms with Crippen LogP contribution in [-0.4, -0.2) is 36.1 Å². The lowest BCUT2D eigenvalue weighted by Crippen LogP contribution is -2.61. The van der Waals surface area contributed by atoms with Gasteiger partial charge in [-0.3, -0.25) is 4.79 Å². The number of quaternary nitrogens is 1. The molecule has 134 valence electrons. The van der Waals surface area contributed by atoms with E-state index in [0.29, 0.717) is 0 Å². The minimum absolute atomic E-state index is 0.0507. The lowest BCUT2D eigenvalue weighted by Gasteiger charge is -2.46. The largest absolute Gasteiger partial charge is 0.320 e. The molecule has 1 saturated heterocycles. The standard InChI is InChI=1S/C20H31ClN2O/c1-5-10-18(23(6-2)11-8-7-9-12-23)20(24)22-19-15(3)13-17(21)14-16(19)4/h13-14,18H,5-12H2,1-4H3/p+1. The first-order valence-corrected chi connectivity index (χ1v) is 9.74. The maximum absolute atomic E-state index is 13.2. The molecule has 4 heteroatoms. The zero-order chi connectivity index (χ0) is 17.7. The number of likely N-dealkylation sites (tertiary alicyclic amines) is 1. The predicted molar refractivity (Wildman–Crippen MR) is 103 cm³/mol. The first-order chi connectivity index (χ1) is 11.4. The molecule has 1 N–H and O–H groups in total. The molecule has 0 aromatic heterocycles. The molecule has 1 aliphatic heterocycles. The second-order valence-electron chi connectivity index (χ2n) is 7.25. The molecule has 1 unspecified atom stereocenters. The summed E-state index contributed by atoms with van der Waals surface area (Å²) in [4.78, 5) is 13.2. The van der Waals surface area contributed by atoms with Crippen molar-refractivity contribution in [2.24, 2.45) is 0 Å². The zero-order valence-electron chi connectivity index (χ0n) is 15.6. The van der Waals surface area contributed by atoms with Gasteiger partial charge in [0.25, 0.3) is 5.91 Å². The number of nitrogens with one attached hydrogen (secondary N) is 1. The van der Waals surface area contributed by atoms with Gasteiger partial charge in [0.05, 0.1) is 19.6 Å². The molecule has 1 fully saturated rings. The predicted octanol–water partition coefficient (Wildman–Crippen LogP) is 5.08. The number of amides is 1. The summed E-state index contributed by atoms with van der Waals surface area (Å²) in [5.41, 5.74) is 2.99. The molecule has 1 heterocycles. The van der Waals surface area contributed by atoms with E-state index in [1.807, 2.05) is 26.0 Å². The Bertz CT molecular complexity index is 556. The third-order valence-corrected chi connectivity index (χ3v) is 5.83. The fraction of sp³-hybridized carbons (Fsp3) is 0.650. The Morgan fingerprint density at radius 1 is 1.17 bits per heavy atom. The minimum Gasteiger partial charge on any atom is -0.320 e. The summed E-state index contributed by atoms with van der Waals surface area (Å²) in [5, 5.41) is 3.96. The van der Waals surface area contributed by atoms with E-state index >= 15 is 0 Å². The fourth-order valence-corrected chi connectivity index (χ4v) is 4.56. The number of rotatable bonds is 6. The van der Waals surface area contributed by atoms with E-state index in [1.165, 1.54) is 19.3 Å². The van der Waals surface area contributed by atoms with Crippen LogP contribution in [0.25, 0.3) is 0 Å². The molecule has 1 aromatic carbocycles. The van der Waals surface area contributed by atoms with Crippen molar-refractivity contribution in [3.63, 3.8) is 0 Å². The van der Waals surface area contributed by atoms with Crippen LogP contribution >= 0.6 is 11.6 Å². The molecule has 0 saturated carbocycles. The molecule has 3 nitrogen and oxygen atoms in total. The molecular weight excluding hydrogens is 320 g/mol. The van der Waals surface area contributed by atoms with Crippen LogP contribution in [0.2, 0.25) is 5.02 Å². The van der Waals surface area contributed by atoms with Gasteiger partial charge in [-0.2, -0.15) is 0 Å². The number of anilines is 1. The highest BCUT2D eigenvalue weighted by Gasteiger charge is 2.41. The first-order valence-electron chi connectivity index (χ1n) is 9.37. The fourth-order valence-electron chi connectivity index (χ4n) is 4.23. The number of hydrogen-bond acceptors (Lipinski definition) is 1. The number of piperidine rings is 1. The summed E-state index contributed by atoms with van der Waals surface area (Å²) in [7, 11) is 0. The molecule has 1 aliphatic rings. The molecule has 0 radical (unpaired) electrons. The minimum atomic E-state index is 0.0507. The van der Waals surface area contributed by atoms with E-state index in [4.69, 9.17) is 11.6 Å². The van der Waals surface area contributed by atoms with Gasteiger partial charge in [-0.25, -0.2) is 0 Å². The van der Waals surface area contributed by atoms with Gasteiger partial charge in [-0.05, 0) is 69.7 Å².